The van der Waals surface area contributed by atoms with Gasteiger partial charge in [-0.2, -0.15) is 5.10 Å². The van der Waals surface area contributed by atoms with Crippen LogP contribution in [0, 0.1) is 0 Å². The zero-order valence-electron chi connectivity index (χ0n) is 13.4. The summed E-state index contributed by atoms with van der Waals surface area (Å²) in [7, 11) is -4.34. The molecule has 0 amide bonds. The summed E-state index contributed by atoms with van der Waals surface area (Å²) >= 11 is 2.98. The number of alkyl halides is 3. The van der Waals surface area contributed by atoms with Crippen LogP contribution in [-0.2, 0) is 15.4 Å². The van der Waals surface area contributed by atoms with Crippen LogP contribution in [0.25, 0.3) is 0 Å². The third kappa shape index (κ3) is 5.11. The molecule has 0 unspecified atom stereocenters. The van der Waals surface area contributed by atoms with Crippen LogP contribution in [0.15, 0.2) is 33.6 Å². The molecule has 2 N–H and O–H groups in total. The Kier molecular flexibility index (Phi) is 5.11. The lowest BCUT2D eigenvalue weighted by molar-refractivity contribution is -0.275. The molecule has 0 aliphatic rings. The maximum absolute atomic E-state index is 12.5. The van der Waals surface area contributed by atoms with Crippen molar-refractivity contribution in [1.29, 1.82) is 0 Å². The normalized spacial score (nSPS) is 12.9. The Labute approximate surface area is 150 Å². The van der Waals surface area contributed by atoms with Gasteiger partial charge in [-0.25, -0.2) is 8.42 Å². The number of hydrogen-bond donors (Lipinski definition) is 2. The number of nitrogens with one attached hydrogen (secondary N) is 2. The van der Waals surface area contributed by atoms with Crippen LogP contribution in [0.1, 0.15) is 26.5 Å². The Hall–Kier alpha value is -1.75. The van der Waals surface area contributed by atoms with E-state index in [9.17, 15) is 21.6 Å². The minimum Gasteiger partial charge on any atom is -0.404 e. The predicted octanol–water partition coefficient (Wildman–Crippen LogP) is 4.17. The Balaban J connectivity index is 2.38. The van der Waals surface area contributed by atoms with E-state index < -0.39 is 27.0 Å². The lowest BCUT2D eigenvalue weighted by Crippen LogP contribution is -2.21. The monoisotopic (exact) mass is 441 g/mol. The van der Waals surface area contributed by atoms with Crippen molar-refractivity contribution in [2.24, 2.45) is 0 Å². The number of anilines is 1. The maximum atomic E-state index is 12.5. The highest BCUT2D eigenvalue weighted by molar-refractivity contribution is 9.10. The van der Waals surface area contributed by atoms with Crippen molar-refractivity contribution in [2.75, 3.05) is 4.72 Å². The van der Waals surface area contributed by atoms with Gasteiger partial charge in [-0.1, -0.05) is 36.7 Å². The van der Waals surface area contributed by atoms with Crippen molar-refractivity contribution in [3.05, 3.63) is 34.4 Å². The topological polar surface area (TPSA) is 84.1 Å². The number of H-pyrrole nitrogens is 1. The molecule has 138 valence electrons. The number of nitrogens with zero attached hydrogens (tertiary/aromatic N) is 1. The summed E-state index contributed by atoms with van der Waals surface area (Å²) in [6, 6.07) is 4.70. The first kappa shape index (κ1) is 19.6. The Bertz CT molecular complexity index is 873. The fourth-order valence-corrected chi connectivity index (χ4v) is 3.30. The molecule has 2 rings (SSSR count). The quantitative estimate of drug-likeness (QED) is 0.745. The predicted molar refractivity (Wildman–Crippen MR) is 88.9 cm³/mol. The summed E-state index contributed by atoms with van der Waals surface area (Å²) in [5.41, 5.74) is 0.353. The molecule has 1 heterocycles. The minimum atomic E-state index is -5.03. The first-order valence-corrected chi connectivity index (χ1v) is 9.19. The van der Waals surface area contributed by atoms with E-state index >= 15 is 0 Å². The highest BCUT2D eigenvalue weighted by atomic mass is 79.9. The van der Waals surface area contributed by atoms with Crippen LogP contribution in [0.4, 0.5) is 19.0 Å². The SMILES string of the molecule is CC(C)(C)c1cc(NS(=O)(=O)c2ccc(Br)cc2OC(F)(F)F)n[nH]1. The van der Waals surface area contributed by atoms with Gasteiger partial charge in [0.15, 0.2) is 11.6 Å². The molecule has 6 nitrogen and oxygen atoms in total. The van der Waals surface area contributed by atoms with Crippen LogP contribution in [0.2, 0.25) is 0 Å². The number of ether oxygens (including phenoxy) is 1. The second-order valence-electron chi connectivity index (χ2n) is 6.16. The van der Waals surface area contributed by atoms with E-state index in [2.05, 4.69) is 35.6 Å². The van der Waals surface area contributed by atoms with Crippen LogP contribution in [-0.4, -0.2) is 25.0 Å². The molecule has 25 heavy (non-hydrogen) atoms. The molecular weight excluding hydrogens is 427 g/mol. The third-order valence-corrected chi connectivity index (χ3v) is 4.93. The van der Waals surface area contributed by atoms with Gasteiger partial charge in [-0.15, -0.1) is 13.2 Å². The highest BCUT2D eigenvalue weighted by Crippen LogP contribution is 2.33. The number of rotatable bonds is 4. The highest BCUT2D eigenvalue weighted by Gasteiger charge is 2.34. The molecule has 0 bridgehead atoms. The first-order valence-electron chi connectivity index (χ1n) is 6.92. The zero-order valence-corrected chi connectivity index (χ0v) is 15.8. The maximum Gasteiger partial charge on any atom is 0.573 e. The first-order chi connectivity index (χ1) is 11.3. The molecule has 0 saturated heterocycles. The van der Waals surface area contributed by atoms with Crippen LogP contribution < -0.4 is 9.46 Å². The molecule has 0 radical (unpaired) electrons. The van der Waals surface area contributed by atoms with Crippen LogP contribution in [0.5, 0.6) is 5.75 Å². The molecule has 0 spiro atoms. The molecule has 0 saturated carbocycles. The number of halogens is 4. The van der Waals surface area contributed by atoms with Gasteiger partial charge in [0.05, 0.1) is 0 Å². The lowest BCUT2D eigenvalue weighted by atomic mass is 9.92. The number of sulfonamides is 1. The van der Waals surface area contributed by atoms with Gasteiger partial charge in [0, 0.05) is 21.6 Å². The second kappa shape index (κ2) is 6.52. The zero-order chi connectivity index (χ0) is 19.0. The molecule has 0 aliphatic carbocycles. The standard InChI is InChI=1S/C14H15BrF3N3O3S/c1-13(2,3)11-7-12(20-19-11)21-25(22,23)10-5-4-8(15)6-9(10)24-14(16,17)18/h4-7H,1-3H3,(H2,19,20,21). The molecule has 11 heteroatoms. The summed E-state index contributed by atoms with van der Waals surface area (Å²) in [6.45, 7) is 5.67. The molecule has 0 aliphatic heterocycles. The van der Waals surface area contributed by atoms with E-state index in [0.29, 0.717) is 5.69 Å². The van der Waals surface area contributed by atoms with E-state index in [0.717, 1.165) is 12.1 Å². The fraction of sp³-hybridized carbons (Fsp3) is 0.357. The Morgan fingerprint density at radius 2 is 1.84 bits per heavy atom. The number of aromatic nitrogens is 2. The van der Waals surface area contributed by atoms with Gasteiger partial charge in [-0.3, -0.25) is 9.82 Å². The minimum absolute atomic E-state index is 0.0363. The molecule has 1 aromatic carbocycles. The summed E-state index contributed by atoms with van der Waals surface area (Å²) in [4.78, 5) is -0.659. The smallest absolute Gasteiger partial charge is 0.404 e. The van der Waals surface area contributed by atoms with Crippen LogP contribution in [0.3, 0.4) is 0 Å². The molecule has 1 aromatic heterocycles. The van der Waals surface area contributed by atoms with Gasteiger partial charge in [0.2, 0.25) is 0 Å². The van der Waals surface area contributed by atoms with Gasteiger partial charge < -0.3 is 4.74 Å². The van der Waals surface area contributed by atoms with Crippen molar-refractivity contribution < 1.29 is 26.3 Å². The van der Waals surface area contributed by atoms with Crippen molar-refractivity contribution in [2.45, 2.75) is 37.4 Å². The second-order valence-corrected chi connectivity index (χ2v) is 8.73. The van der Waals surface area contributed by atoms with Crippen molar-refractivity contribution in [3.63, 3.8) is 0 Å². The van der Waals surface area contributed by atoms with Crippen molar-refractivity contribution >= 4 is 31.8 Å². The molecular formula is C14H15BrF3N3O3S. The van der Waals surface area contributed by atoms with E-state index in [-0.39, 0.29) is 15.7 Å². The van der Waals surface area contributed by atoms with E-state index in [4.69, 9.17) is 0 Å². The summed E-state index contributed by atoms with van der Waals surface area (Å²) < 4.78 is 68.7. The number of aromatic amines is 1. The molecule has 0 atom stereocenters. The number of hydrogen-bond acceptors (Lipinski definition) is 4. The molecule has 2 aromatic rings. The van der Waals surface area contributed by atoms with Crippen molar-refractivity contribution in [1.82, 2.24) is 10.2 Å². The van der Waals surface area contributed by atoms with Gasteiger partial charge in [0.25, 0.3) is 10.0 Å². The fourth-order valence-electron chi connectivity index (χ4n) is 1.86. The van der Waals surface area contributed by atoms with Gasteiger partial charge >= 0.3 is 6.36 Å². The number of benzene rings is 1. The van der Waals surface area contributed by atoms with Gasteiger partial charge in [-0.05, 0) is 18.2 Å². The van der Waals surface area contributed by atoms with E-state index in [1.165, 1.54) is 12.1 Å². The summed E-state index contributed by atoms with van der Waals surface area (Å²) in [5, 5.41) is 6.51. The van der Waals surface area contributed by atoms with Crippen LogP contribution >= 0.6 is 15.9 Å². The van der Waals surface area contributed by atoms with Crippen molar-refractivity contribution in [3.8, 4) is 5.75 Å². The summed E-state index contributed by atoms with van der Waals surface area (Å²) in [6.07, 6.45) is -5.03. The Morgan fingerprint density at radius 3 is 2.36 bits per heavy atom. The Morgan fingerprint density at radius 1 is 1.20 bits per heavy atom. The third-order valence-electron chi connectivity index (χ3n) is 3.05. The average Bonchev–Trinajstić information content (AvgIpc) is 2.83. The van der Waals surface area contributed by atoms with Gasteiger partial charge in [0.1, 0.15) is 4.90 Å². The van der Waals surface area contributed by atoms with E-state index in [1.54, 1.807) is 0 Å². The van der Waals surface area contributed by atoms with E-state index in [1.807, 2.05) is 20.8 Å². The largest absolute Gasteiger partial charge is 0.573 e. The summed E-state index contributed by atoms with van der Waals surface area (Å²) in [5.74, 6) is -0.883. The molecule has 0 fully saturated rings. The lowest BCUT2D eigenvalue weighted by Gasteiger charge is -2.15. The average molecular weight is 442 g/mol.